The van der Waals surface area contributed by atoms with Crippen LogP contribution < -0.4 is 4.74 Å². The molecular formula is C17H22N2O2. The number of aromatic nitrogens is 2. The highest BCUT2D eigenvalue weighted by atomic mass is 16.5. The molecule has 1 N–H and O–H groups in total. The Bertz CT molecular complexity index is 577. The number of ether oxygens (including phenoxy) is 1. The average Bonchev–Trinajstić information content (AvgIpc) is 2.47. The summed E-state index contributed by atoms with van der Waals surface area (Å²) in [4.78, 5) is 8.79. The average molecular weight is 286 g/mol. The standard InChI is InChI=1S/C17H22N2O2/c1-17(2,3)15-10-13(12-20)11-16(19-15)21-9-7-14-6-4-5-8-18-14/h4-6,8,10-11,20H,7,9,12H2,1-3H3. The lowest BCUT2D eigenvalue weighted by molar-refractivity contribution is 0.276. The minimum atomic E-state index is -0.0791. The summed E-state index contributed by atoms with van der Waals surface area (Å²) in [6.45, 7) is 6.78. The molecule has 0 aliphatic carbocycles. The summed E-state index contributed by atoms with van der Waals surface area (Å²) in [6.07, 6.45) is 2.51. The van der Waals surface area contributed by atoms with E-state index >= 15 is 0 Å². The first-order valence-electron chi connectivity index (χ1n) is 7.14. The Balaban J connectivity index is 2.05. The maximum absolute atomic E-state index is 9.36. The third-order valence-electron chi connectivity index (χ3n) is 3.15. The number of nitrogens with zero attached hydrogens (tertiary/aromatic N) is 2. The van der Waals surface area contributed by atoms with Crippen LogP contribution in [0.1, 0.15) is 37.7 Å². The van der Waals surface area contributed by atoms with Gasteiger partial charge in [0.05, 0.1) is 18.9 Å². The molecule has 2 heterocycles. The van der Waals surface area contributed by atoms with Crippen molar-refractivity contribution in [3.8, 4) is 5.88 Å². The predicted octanol–water partition coefficient (Wildman–Crippen LogP) is 2.89. The van der Waals surface area contributed by atoms with Gasteiger partial charge >= 0.3 is 0 Å². The minimum Gasteiger partial charge on any atom is -0.477 e. The van der Waals surface area contributed by atoms with Crippen molar-refractivity contribution in [1.29, 1.82) is 0 Å². The van der Waals surface area contributed by atoms with Crippen LogP contribution in [-0.4, -0.2) is 21.7 Å². The van der Waals surface area contributed by atoms with Gasteiger partial charge < -0.3 is 9.84 Å². The van der Waals surface area contributed by atoms with Crippen molar-refractivity contribution >= 4 is 0 Å². The summed E-state index contributed by atoms with van der Waals surface area (Å²) >= 11 is 0. The van der Waals surface area contributed by atoms with Crippen molar-refractivity contribution in [1.82, 2.24) is 9.97 Å². The normalized spacial score (nSPS) is 11.4. The highest BCUT2D eigenvalue weighted by Crippen LogP contribution is 2.24. The van der Waals surface area contributed by atoms with Crippen molar-refractivity contribution in [2.45, 2.75) is 39.2 Å². The van der Waals surface area contributed by atoms with Crippen LogP contribution in [0.25, 0.3) is 0 Å². The summed E-state index contributed by atoms with van der Waals surface area (Å²) < 4.78 is 5.73. The zero-order valence-electron chi connectivity index (χ0n) is 12.8. The van der Waals surface area contributed by atoms with Crippen LogP contribution in [0.2, 0.25) is 0 Å². The highest BCUT2D eigenvalue weighted by Gasteiger charge is 2.17. The molecule has 0 spiro atoms. The molecule has 0 amide bonds. The molecule has 21 heavy (non-hydrogen) atoms. The third kappa shape index (κ3) is 4.53. The molecule has 0 aromatic carbocycles. The smallest absolute Gasteiger partial charge is 0.213 e. The second-order valence-corrected chi connectivity index (χ2v) is 6.03. The van der Waals surface area contributed by atoms with Crippen LogP contribution in [0, 0.1) is 0 Å². The van der Waals surface area contributed by atoms with Crippen LogP contribution in [0.3, 0.4) is 0 Å². The molecule has 0 aliphatic rings. The van der Waals surface area contributed by atoms with E-state index in [-0.39, 0.29) is 12.0 Å². The van der Waals surface area contributed by atoms with E-state index < -0.39 is 0 Å². The van der Waals surface area contributed by atoms with Gasteiger partial charge in [0.2, 0.25) is 5.88 Å². The third-order valence-corrected chi connectivity index (χ3v) is 3.15. The Morgan fingerprint density at radius 1 is 1.19 bits per heavy atom. The first-order chi connectivity index (χ1) is 9.99. The van der Waals surface area contributed by atoms with Crippen LogP contribution in [-0.2, 0) is 18.4 Å². The molecular weight excluding hydrogens is 264 g/mol. The molecule has 2 aromatic rings. The fraction of sp³-hybridized carbons (Fsp3) is 0.412. The Hall–Kier alpha value is -1.94. The molecule has 112 valence electrons. The van der Waals surface area contributed by atoms with Crippen molar-refractivity contribution in [3.05, 3.63) is 53.5 Å². The van der Waals surface area contributed by atoms with Gasteiger partial charge in [0, 0.05) is 29.8 Å². The number of aliphatic hydroxyl groups is 1. The number of aliphatic hydroxyl groups excluding tert-OH is 1. The van der Waals surface area contributed by atoms with Crippen molar-refractivity contribution < 1.29 is 9.84 Å². The van der Waals surface area contributed by atoms with E-state index in [9.17, 15) is 5.11 Å². The predicted molar refractivity (Wildman–Crippen MR) is 82.3 cm³/mol. The maximum Gasteiger partial charge on any atom is 0.213 e. The number of hydrogen-bond donors (Lipinski definition) is 1. The largest absolute Gasteiger partial charge is 0.477 e. The topological polar surface area (TPSA) is 55.2 Å². The second kappa shape index (κ2) is 6.68. The van der Waals surface area contributed by atoms with Crippen molar-refractivity contribution in [2.75, 3.05) is 6.61 Å². The van der Waals surface area contributed by atoms with Gasteiger partial charge in [-0.25, -0.2) is 4.98 Å². The van der Waals surface area contributed by atoms with Crippen molar-refractivity contribution in [3.63, 3.8) is 0 Å². The molecule has 0 unspecified atom stereocenters. The molecule has 4 heteroatoms. The summed E-state index contributed by atoms with van der Waals surface area (Å²) in [6, 6.07) is 9.54. The van der Waals surface area contributed by atoms with E-state index in [1.54, 1.807) is 12.3 Å². The molecule has 0 atom stereocenters. The molecule has 0 radical (unpaired) electrons. The lowest BCUT2D eigenvalue weighted by Crippen LogP contribution is -2.15. The molecule has 0 saturated carbocycles. The first-order valence-corrected chi connectivity index (χ1v) is 7.14. The Morgan fingerprint density at radius 2 is 2.00 bits per heavy atom. The van der Waals surface area contributed by atoms with E-state index in [0.29, 0.717) is 12.5 Å². The molecule has 0 saturated heterocycles. The minimum absolute atomic E-state index is 0.0117. The lowest BCUT2D eigenvalue weighted by Gasteiger charge is -2.19. The van der Waals surface area contributed by atoms with Crippen LogP contribution in [0.5, 0.6) is 5.88 Å². The fourth-order valence-electron chi connectivity index (χ4n) is 1.91. The zero-order valence-corrected chi connectivity index (χ0v) is 12.8. The molecule has 2 rings (SSSR count). The monoisotopic (exact) mass is 286 g/mol. The molecule has 0 fully saturated rings. The van der Waals surface area contributed by atoms with Crippen molar-refractivity contribution in [2.24, 2.45) is 0 Å². The van der Waals surface area contributed by atoms with E-state index in [4.69, 9.17) is 4.74 Å². The van der Waals surface area contributed by atoms with E-state index in [1.165, 1.54) is 0 Å². The number of rotatable bonds is 5. The van der Waals surface area contributed by atoms with Crippen LogP contribution >= 0.6 is 0 Å². The molecule has 4 nitrogen and oxygen atoms in total. The van der Waals surface area contributed by atoms with Crippen LogP contribution in [0.4, 0.5) is 0 Å². The SMILES string of the molecule is CC(C)(C)c1cc(CO)cc(OCCc2ccccn2)n1. The van der Waals surface area contributed by atoms with Gasteiger partial charge in [0.25, 0.3) is 0 Å². The van der Waals surface area contributed by atoms with Crippen LogP contribution in [0.15, 0.2) is 36.5 Å². The Kier molecular flexibility index (Phi) is 4.91. The Labute approximate surface area is 125 Å². The maximum atomic E-state index is 9.36. The summed E-state index contributed by atoms with van der Waals surface area (Å²) in [5, 5.41) is 9.36. The zero-order chi connectivity index (χ0) is 15.3. The summed E-state index contributed by atoms with van der Waals surface area (Å²) in [7, 11) is 0. The number of pyridine rings is 2. The molecule has 0 bridgehead atoms. The van der Waals surface area contributed by atoms with Gasteiger partial charge in [-0.1, -0.05) is 26.8 Å². The van der Waals surface area contributed by atoms with Gasteiger partial charge in [-0.2, -0.15) is 0 Å². The van der Waals surface area contributed by atoms with Gasteiger partial charge in [-0.15, -0.1) is 0 Å². The van der Waals surface area contributed by atoms with Gasteiger partial charge in [-0.3, -0.25) is 4.98 Å². The van der Waals surface area contributed by atoms with Gasteiger partial charge in [0.15, 0.2) is 0 Å². The van der Waals surface area contributed by atoms with Gasteiger partial charge in [-0.05, 0) is 23.8 Å². The van der Waals surface area contributed by atoms with E-state index in [1.807, 2.05) is 24.3 Å². The quantitative estimate of drug-likeness (QED) is 0.918. The highest BCUT2D eigenvalue weighted by molar-refractivity contribution is 5.28. The van der Waals surface area contributed by atoms with Gasteiger partial charge in [0.1, 0.15) is 0 Å². The Morgan fingerprint density at radius 3 is 2.62 bits per heavy atom. The second-order valence-electron chi connectivity index (χ2n) is 6.03. The van der Waals surface area contributed by atoms with E-state index in [0.717, 1.165) is 23.4 Å². The lowest BCUT2D eigenvalue weighted by atomic mass is 9.91. The number of hydrogen-bond acceptors (Lipinski definition) is 4. The molecule has 0 aliphatic heterocycles. The summed E-state index contributed by atoms with van der Waals surface area (Å²) in [5.41, 5.74) is 2.65. The first kappa shape index (κ1) is 15.4. The van der Waals surface area contributed by atoms with E-state index in [2.05, 4.69) is 30.7 Å². The fourth-order valence-corrected chi connectivity index (χ4v) is 1.91. The summed E-state index contributed by atoms with van der Waals surface area (Å²) in [5.74, 6) is 0.558. The molecule has 2 aromatic heterocycles.